The van der Waals surface area contributed by atoms with E-state index in [9.17, 15) is 28.8 Å². The van der Waals surface area contributed by atoms with Gasteiger partial charge in [-0.3, -0.25) is 24.0 Å². The molecule has 0 saturated carbocycles. The van der Waals surface area contributed by atoms with Crippen molar-refractivity contribution in [3.8, 4) is 5.75 Å². The van der Waals surface area contributed by atoms with Gasteiger partial charge in [-0.1, -0.05) is 30.3 Å². The quantitative estimate of drug-likeness (QED) is 0.214. The number of hydrogen-bond donors (Lipinski definition) is 0. The molecule has 0 N–H and O–H groups in total. The normalized spacial score (nSPS) is 21.3. The molecule has 0 spiro atoms. The summed E-state index contributed by atoms with van der Waals surface area (Å²) in [4.78, 5) is 72.2. The summed E-state index contributed by atoms with van der Waals surface area (Å²) < 4.78 is 38.5. The average molecular weight is 587 g/mol. The van der Waals surface area contributed by atoms with Crippen molar-refractivity contribution in [2.24, 2.45) is 0 Å². The van der Waals surface area contributed by atoms with Gasteiger partial charge in [-0.15, -0.1) is 0 Å². The van der Waals surface area contributed by atoms with Crippen molar-refractivity contribution < 1.29 is 61.9 Å². The molecule has 3 rings (SSSR count). The number of benzene rings is 2. The third-order valence-corrected chi connectivity index (χ3v) is 5.76. The maximum atomic E-state index is 13.1. The van der Waals surface area contributed by atoms with Gasteiger partial charge in [-0.2, -0.15) is 0 Å². The molecule has 224 valence electrons. The Labute approximate surface area is 240 Å². The number of esters is 5. The second kappa shape index (κ2) is 14.7. The molecule has 13 nitrogen and oxygen atoms in total. The first-order valence-electron chi connectivity index (χ1n) is 12.8. The van der Waals surface area contributed by atoms with Crippen LogP contribution in [0.25, 0.3) is 0 Å². The molecular weight excluding hydrogens is 556 g/mol. The fourth-order valence-electron chi connectivity index (χ4n) is 4.09. The zero-order valence-electron chi connectivity index (χ0n) is 23.3. The summed E-state index contributed by atoms with van der Waals surface area (Å²) in [6.45, 7) is 3.86. The van der Waals surface area contributed by atoms with Crippen LogP contribution in [0.2, 0.25) is 0 Å². The van der Waals surface area contributed by atoms with E-state index in [1.165, 1.54) is 18.2 Å². The van der Waals surface area contributed by atoms with Crippen LogP contribution in [0.3, 0.4) is 0 Å². The van der Waals surface area contributed by atoms with E-state index in [4.69, 9.17) is 33.2 Å². The number of ether oxygens (including phenoxy) is 7. The summed E-state index contributed by atoms with van der Waals surface area (Å²) in [6.07, 6.45) is -6.72. The number of carbonyl (C=O) groups is 6. The van der Waals surface area contributed by atoms with Gasteiger partial charge in [-0.05, 0) is 23.8 Å². The first kappa shape index (κ1) is 31.7. The minimum Gasteiger partial charge on any atom is -0.463 e. The fraction of sp³-hybridized carbons (Fsp3) is 0.379. The monoisotopic (exact) mass is 586 g/mol. The van der Waals surface area contributed by atoms with Crippen molar-refractivity contribution in [2.45, 2.75) is 65.0 Å². The van der Waals surface area contributed by atoms with Gasteiger partial charge in [0.1, 0.15) is 36.9 Å². The van der Waals surface area contributed by atoms with Crippen LogP contribution in [0.1, 0.15) is 54.0 Å². The van der Waals surface area contributed by atoms with E-state index in [1.807, 2.05) is 0 Å². The molecule has 0 amide bonds. The summed E-state index contributed by atoms with van der Waals surface area (Å²) in [6, 6.07) is 12.8. The second-order valence-electron chi connectivity index (χ2n) is 9.12. The SMILES string of the molecule is CC(=O)OC[C@H]1O[C@@H](Oc2ccc(C=O)cc2C(=O)OCc2ccccc2)[C@H](OC(C)=O)[C@@H](OC(C)=O)[C@H]1OC(C)=O. The van der Waals surface area contributed by atoms with E-state index in [0.29, 0.717) is 11.8 Å². The van der Waals surface area contributed by atoms with E-state index in [0.717, 1.165) is 27.7 Å². The average Bonchev–Trinajstić information content (AvgIpc) is 2.93. The van der Waals surface area contributed by atoms with Crippen LogP contribution in [0, 0.1) is 0 Å². The lowest BCUT2D eigenvalue weighted by Gasteiger charge is -2.44. The molecule has 0 unspecified atom stereocenters. The second-order valence-corrected chi connectivity index (χ2v) is 9.12. The van der Waals surface area contributed by atoms with Crippen LogP contribution in [0.15, 0.2) is 48.5 Å². The smallest absolute Gasteiger partial charge is 0.342 e. The van der Waals surface area contributed by atoms with Crippen LogP contribution in [0.4, 0.5) is 0 Å². The lowest BCUT2D eigenvalue weighted by Crippen LogP contribution is -2.63. The zero-order valence-corrected chi connectivity index (χ0v) is 23.3. The van der Waals surface area contributed by atoms with Gasteiger partial charge < -0.3 is 33.2 Å². The Hall–Kier alpha value is -4.78. The molecule has 1 fully saturated rings. The predicted octanol–water partition coefficient (Wildman–Crippen LogP) is 2.32. The van der Waals surface area contributed by atoms with Crippen molar-refractivity contribution in [2.75, 3.05) is 6.61 Å². The van der Waals surface area contributed by atoms with E-state index >= 15 is 0 Å². The van der Waals surface area contributed by atoms with Crippen LogP contribution in [-0.4, -0.2) is 73.4 Å². The van der Waals surface area contributed by atoms with Crippen molar-refractivity contribution in [1.29, 1.82) is 0 Å². The molecule has 13 heteroatoms. The molecular formula is C29H30O13. The van der Waals surface area contributed by atoms with Gasteiger partial charge in [0.25, 0.3) is 0 Å². The molecule has 1 saturated heterocycles. The van der Waals surface area contributed by atoms with Gasteiger partial charge in [0.15, 0.2) is 12.2 Å². The fourth-order valence-corrected chi connectivity index (χ4v) is 4.09. The molecule has 1 aliphatic rings. The van der Waals surface area contributed by atoms with Crippen molar-refractivity contribution in [1.82, 2.24) is 0 Å². The Morgan fingerprint density at radius 3 is 1.98 bits per heavy atom. The first-order valence-corrected chi connectivity index (χ1v) is 12.8. The van der Waals surface area contributed by atoms with E-state index < -0.39 is 67.2 Å². The minimum absolute atomic E-state index is 0.0799. The zero-order chi connectivity index (χ0) is 30.8. The Morgan fingerprint density at radius 1 is 0.762 bits per heavy atom. The molecule has 0 bridgehead atoms. The van der Waals surface area contributed by atoms with Gasteiger partial charge in [0.05, 0.1) is 0 Å². The lowest BCUT2D eigenvalue weighted by molar-refractivity contribution is -0.288. The van der Waals surface area contributed by atoms with Crippen LogP contribution in [0.5, 0.6) is 5.75 Å². The number of aldehydes is 1. The third kappa shape index (κ3) is 8.86. The van der Waals surface area contributed by atoms with Crippen LogP contribution < -0.4 is 4.74 Å². The summed E-state index contributed by atoms with van der Waals surface area (Å²) >= 11 is 0. The lowest BCUT2D eigenvalue weighted by atomic mass is 9.98. The Balaban J connectivity index is 2.00. The van der Waals surface area contributed by atoms with Crippen LogP contribution >= 0.6 is 0 Å². The molecule has 2 aromatic rings. The Bertz CT molecular complexity index is 1310. The van der Waals surface area contributed by atoms with Crippen molar-refractivity contribution in [3.63, 3.8) is 0 Å². The molecule has 0 radical (unpaired) electrons. The van der Waals surface area contributed by atoms with Crippen LogP contribution in [-0.2, 0) is 54.2 Å². The summed E-state index contributed by atoms with van der Waals surface area (Å²) in [5.41, 5.74) is 0.679. The maximum absolute atomic E-state index is 13.1. The van der Waals surface area contributed by atoms with Gasteiger partial charge in [-0.25, -0.2) is 4.79 Å². The third-order valence-electron chi connectivity index (χ3n) is 5.76. The van der Waals surface area contributed by atoms with E-state index in [1.54, 1.807) is 30.3 Å². The standard InChI is InChI=1S/C29H30O13/c1-16(31)36-15-24-25(38-17(2)32)26(39-18(3)33)27(40-19(4)34)29(42-24)41-23-11-10-21(13-30)12-22(23)28(35)37-14-20-8-6-5-7-9-20/h5-13,24-27,29H,14-15H2,1-4H3/t24-,25+,26+,27-,29-/m1/s1. The highest BCUT2D eigenvalue weighted by Crippen LogP contribution is 2.32. The minimum atomic E-state index is -1.59. The van der Waals surface area contributed by atoms with Gasteiger partial charge in [0, 0.05) is 33.3 Å². The summed E-state index contributed by atoms with van der Waals surface area (Å²) in [5, 5.41) is 0. The van der Waals surface area contributed by atoms with Gasteiger partial charge >= 0.3 is 29.8 Å². The molecule has 42 heavy (non-hydrogen) atoms. The maximum Gasteiger partial charge on any atom is 0.342 e. The summed E-state index contributed by atoms with van der Waals surface area (Å²) in [5.74, 6) is -4.10. The molecule has 1 aliphatic heterocycles. The predicted molar refractivity (Wildman–Crippen MR) is 140 cm³/mol. The number of carbonyl (C=O) groups excluding carboxylic acids is 6. The summed E-state index contributed by atoms with van der Waals surface area (Å²) in [7, 11) is 0. The molecule has 5 atom stereocenters. The van der Waals surface area contributed by atoms with Gasteiger partial charge in [0.2, 0.25) is 12.4 Å². The Kier molecular flexibility index (Phi) is 11.1. The number of hydrogen-bond acceptors (Lipinski definition) is 13. The largest absolute Gasteiger partial charge is 0.463 e. The van der Waals surface area contributed by atoms with E-state index in [2.05, 4.69) is 0 Å². The topological polar surface area (TPSA) is 167 Å². The van der Waals surface area contributed by atoms with E-state index in [-0.39, 0.29) is 23.5 Å². The molecule has 0 aromatic heterocycles. The highest BCUT2D eigenvalue weighted by molar-refractivity contribution is 5.94. The number of rotatable bonds is 11. The van der Waals surface area contributed by atoms with Crippen molar-refractivity contribution in [3.05, 3.63) is 65.2 Å². The molecule has 0 aliphatic carbocycles. The highest BCUT2D eigenvalue weighted by atomic mass is 16.7. The molecule has 1 heterocycles. The first-order chi connectivity index (χ1) is 20.0. The van der Waals surface area contributed by atoms with Crippen molar-refractivity contribution >= 4 is 36.1 Å². The molecule has 2 aromatic carbocycles. The Morgan fingerprint density at radius 2 is 1.38 bits per heavy atom. The highest BCUT2D eigenvalue weighted by Gasteiger charge is 2.53.